The Bertz CT molecular complexity index is 547. The third-order valence-electron chi connectivity index (χ3n) is 3.67. The molecule has 0 aliphatic carbocycles. The van der Waals surface area contributed by atoms with E-state index < -0.39 is 0 Å². The number of furan rings is 1. The van der Waals surface area contributed by atoms with Gasteiger partial charge in [0.05, 0.1) is 6.54 Å². The highest BCUT2D eigenvalue weighted by Gasteiger charge is 2.17. The first-order valence-electron chi connectivity index (χ1n) is 6.90. The molecule has 0 bridgehead atoms. The molecular weight excluding hydrogens is 236 g/mol. The molecule has 1 aliphatic heterocycles. The van der Waals surface area contributed by atoms with Crippen LogP contribution in [0.5, 0.6) is 0 Å². The largest absolute Gasteiger partial charge is 0.465 e. The Morgan fingerprint density at radius 1 is 1.26 bits per heavy atom. The topological polar surface area (TPSA) is 37.2 Å². The summed E-state index contributed by atoms with van der Waals surface area (Å²) in [5.74, 6) is 1.98. The third-order valence-corrected chi connectivity index (χ3v) is 3.67. The molecule has 0 amide bonds. The van der Waals surface area contributed by atoms with Crippen LogP contribution in [0.2, 0.25) is 0 Å². The van der Waals surface area contributed by atoms with Crippen molar-refractivity contribution in [1.82, 2.24) is 10.6 Å². The SMILES string of the molecule is Cc1ccc(CNC2CCNCc3ccccc32)o1. The number of rotatable bonds is 3. The number of nitrogens with one attached hydrogen (secondary N) is 2. The fraction of sp³-hybridized carbons (Fsp3) is 0.375. The maximum atomic E-state index is 5.62. The van der Waals surface area contributed by atoms with E-state index in [0.717, 1.165) is 37.6 Å². The van der Waals surface area contributed by atoms with Gasteiger partial charge >= 0.3 is 0 Å². The number of hydrogen-bond donors (Lipinski definition) is 2. The van der Waals surface area contributed by atoms with Crippen LogP contribution in [-0.4, -0.2) is 6.54 Å². The number of benzene rings is 1. The molecule has 1 unspecified atom stereocenters. The second-order valence-electron chi connectivity index (χ2n) is 5.11. The maximum Gasteiger partial charge on any atom is 0.117 e. The zero-order valence-electron chi connectivity index (χ0n) is 11.3. The summed E-state index contributed by atoms with van der Waals surface area (Å²) in [7, 11) is 0. The minimum atomic E-state index is 0.400. The standard InChI is InChI=1S/C16H20N2O/c1-12-6-7-14(19-12)11-18-16-8-9-17-10-13-4-2-3-5-15(13)16/h2-7,16-18H,8-11H2,1H3. The summed E-state index contributed by atoms with van der Waals surface area (Å²) in [6.45, 7) is 4.78. The Balaban J connectivity index is 1.73. The molecule has 3 nitrogen and oxygen atoms in total. The van der Waals surface area contributed by atoms with Crippen LogP contribution in [0.4, 0.5) is 0 Å². The predicted molar refractivity (Wildman–Crippen MR) is 75.8 cm³/mol. The lowest BCUT2D eigenvalue weighted by atomic mass is 9.99. The van der Waals surface area contributed by atoms with Crippen molar-refractivity contribution in [2.75, 3.05) is 6.54 Å². The first kappa shape index (κ1) is 12.5. The highest BCUT2D eigenvalue weighted by Crippen LogP contribution is 2.23. The van der Waals surface area contributed by atoms with Gasteiger partial charge in [-0.2, -0.15) is 0 Å². The van der Waals surface area contributed by atoms with E-state index in [0.29, 0.717) is 6.04 Å². The highest BCUT2D eigenvalue weighted by molar-refractivity contribution is 5.31. The molecule has 2 N–H and O–H groups in total. The number of fused-ring (bicyclic) bond motifs is 1. The molecule has 1 atom stereocenters. The lowest BCUT2D eigenvalue weighted by molar-refractivity contribution is 0.425. The molecule has 3 heteroatoms. The zero-order chi connectivity index (χ0) is 13.1. The van der Waals surface area contributed by atoms with Gasteiger partial charge in [-0.3, -0.25) is 0 Å². The van der Waals surface area contributed by atoms with Gasteiger partial charge in [-0.15, -0.1) is 0 Å². The van der Waals surface area contributed by atoms with Crippen molar-refractivity contribution < 1.29 is 4.42 Å². The van der Waals surface area contributed by atoms with Crippen LogP contribution in [0.1, 0.15) is 35.1 Å². The second kappa shape index (κ2) is 5.59. The smallest absolute Gasteiger partial charge is 0.117 e. The number of aryl methyl sites for hydroxylation is 1. The van der Waals surface area contributed by atoms with Crippen molar-refractivity contribution in [3.8, 4) is 0 Å². The van der Waals surface area contributed by atoms with Crippen molar-refractivity contribution >= 4 is 0 Å². The van der Waals surface area contributed by atoms with E-state index in [-0.39, 0.29) is 0 Å². The molecule has 1 aliphatic rings. The van der Waals surface area contributed by atoms with Crippen LogP contribution >= 0.6 is 0 Å². The summed E-state index contributed by atoms with van der Waals surface area (Å²) in [5, 5.41) is 7.09. The van der Waals surface area contributed by atoms with Crippen molar-refractivity contribution in [3.05, 3.63) is 59.0 Å². The molecule has 100 valence electrons. The van der Waals surface area contributed by atoms with Crippen LogP contribution in [0.3, 0.4) is 0 Å². The maximum absolute atomic E-state index is 5.62. The van der Waals surface area contributed by atoms with Crippen LogP contribution in [0, 0.1) is 6.92 Å². The summed E-state index contributed by atoms with van der Waals surface area (Å²) in [6, 6.07) is 13.1. The lowest BCUT2D eigenvalue weighted by Crippen LogP contribution is -2.22. The molecule has 0 saturated carbocycles. The van der Waals surface area contributed by atoms with Gasteiger partial charge in [0.25, 0.3) is 0 Å². The molecule has 19 heavy (non-hydrogen) atoms. The average molecular weight is 256 g/mol. The molecule has 0 radical (unpaired) electrons. The minimum Gasteiger partial charge on any atom is -0.465 e. The third kappa shape index (κ3) is 2.88. The summed E-state index contributed by atoms with van der Waals surface area (Å²) < 4.78 is 5.62. The van der Waals surface area contributed by atoms with Crippen LogP contribution in [-0.2, 0) is 13.1 Å². The summed E-state index contributed by atoms with van der Waals surface area (Å²) in [4.78, 5) is 0. The second-order valence-corrected chi connectivity index (χ2v) is 5.11. The van der Waals surface area contributed by atoms with Gasteiger partial charge in [0.2, 0.25) is 0 Å². The van der Waals surface area contributed by atoms with Crippen LogP contribution < -0.4 is 10.6 Å². The van der Waals surface area contributed by atoms with Gasteiger partial charge in [0.15, 0.2) is 0 Å². The highest BCUT2D eigenvalue weighted by atomic mass is 16.3. The fourth-order valence-electron chi connectivity index (χ4n) is 2.68. The lowest BCUT2D eigenvalue weighted by Gasteiger charge is -2.18. The quantitative estimate of drug-likeness (QED) is 0.886. The molecule has 1 aromatic carbocycles. The summed E-state index contributed by atoms with van der Waals surface area (Å²) in [6.07, 6.45) is 1.11. The first-order chi connectivity index (χ1) is 9.33. The zero-order valence-corrected chi connectivity index (χ0v) is 11.3. The Morgan fingerprint density at radius 3 is 3.00 bits per heavy atom. The van der Waals surface area contributed by atoms with Gasteiger partial charge in [-0.05, 0) is 43.1 Å². The van der Waals surface area contributed by atoms with Crippen LogP contribution in [0.15, 0.2) is 40.8 Å². The molecule has 2 heterocycles. The molecule has 3 rings (SSSR count). The Kier molecular flexibility index (Phi) is 3.67. The van der Waals surface area contributed by atoms with E-state index in [1.807, 2.05) is 19.1 Å². The molecule has 0 saturated heterocycles. The molecule has 0 fully saturated rings. The fourth-order valence-corrected chi connectivity index (χ4v) is 2.68. The van der Waals surface area contributed by atoms with E-state index >= 15 is 0 Å². The van der Waals surface area contributed by atoms with E-state index in [1.54, 1.807) is 0 Å². The van der Waals surface area contributed by atoms with Gasteiger partial charge in [-0.25, -0.2) is 0 Å². The monoisotopic (exact) mass is 256 g/mol. The molecule has 1 aromatic heterocycles. The van der Waals surface area contributed by atoms with E-state index in [9.17, 15) is 0 Å². The average Bonchev–Trinajstić information content (AvgIpc) is 2.73. The molecular formula is C16H20N2O. The molecule has 2 aromatic rings. The number of hydrogen-bond acceptors (Lipinski definition) is 3. The predicted octanol–water partition coefficient (Wildman–Crippen LogP) is 2.91. The van der Waals surface area contributed by atoms with E-state index in [2.05, 4.69) is 34.9 Å². The van der Waals surface area contributed by atoms with Gasteiger partial charge in [0.1, 0.15) is 11.5 Å². The molecule has 0 spiro atoms. The van der Waals surface area contributed by atoms with Gasteiger partial charge in [0, 0.05) is 12.6 Å². The Labute approximate surface area is 114 Å². The van der Waals surface area contributed by atoms with Crippen LogP contribution in [0.25, 0.3) is 0 Å². The van der Waals surface area contributed by atoms with Gasteiger partial charge < -0.3 is 15.1 Å². The minimum absolute atomic E-state index is 0.400. The van der Waals surface area contributed by atoms with Crippen molar-refractivity contribution in [3.63, 3.8) is 0 Å². The van der Waals surface area contributed by atoms with Crippen molar-refractivity contribution in [1.29, 1.82) is 0 Å². The normalized spacial score (nSPS) is 18.9. The Morgan fingerprint density at radius 2 is 2.16 bits per heavy atom. The van der Waals surface area contributed by atoms with Crippen molar-refractivity contribution in [2.24, 2.45) is 0 Å². The van der Waals surface area contributed by atoms with Crippen molar-refractivity contribution in [2.45, 2.75) is 32.5 Å². The Hall–Kier alpha value is -1.58. The van der Waals surface area contributed by atoms with E-state index in [1.165, 1.54) is 11.1 Å². The van der Waals surface area contributed by atoms with Gasteiger partial charge in [-0.1, -0.05) is 24.3 Å². The summed E-state index contributed by atoms with van der Waals surface area (Å²) >= 11 is 0. The first-order valence-corrected chi connectivity index (χ1v) is 6.90. The summed E-state index contributed by atoms with van der Waals surface area (Å²) in [5.41, 5.74) is 2.81. The van der Waals surface area contributed by atoms with E-state index in [4.69, 9.17) is 4.42 Å².